The number of amidine groups is 1. The number of nitrogens with zero attached hydrogens (tertiary/aromatic N) is 4. The van der Waals surface area contributed by atoms with E-state index in [4.69, 9.17) is 15.5 Å². The van der Waals surface area contributed by atoms with Gasteiger partial charge in [-0.2, -0.15) is 13.9 Å². The Kier molecular flexibility index (Phi) is 5.11. The van der Waals surface area contributed by atoms with Crippen LogP contribution < -0.4 is 11.1 Å². The first kappa shape index (κ1) is 20.2. The molecule has 1 amide bonds. The summed E-state index contributed by atoms with van der Waals surface area (Å²) in [5.41, 5.74) is 4.96. The lowest BCUT2D eigenvalue weighted by Crippen LogP contribution is -2.52. The van der Waals surface area contributed by atoms with Crippen molar-refractivity contribution in [2.24, 2.45) is 16.6 Å². The van der Waals surface area contributed by atoms with E-state index in [0.717, 1.165) is 18.4 Å². The highest BCUT2D eigenvalue weighted by Crippen LogP contribution is 2.49. The number of hydrogen-bond acceptors (Lipinski definition) is 8. The van der Waals surface area contributed by atoms with Crippen molar-refractivity contribution in [3.8, 4) is 0 Å². The molecule has 0 bridgehead atoms. The number of aromatic nitrogens is 3. The normalized spacial score (nSPS) is 26.1. The van der Waals surface area contributed by atoms with E-state index < -0.39 is 18.0 Å². The van der Waals surface area contributed by atoms with Gasteiger partial charge in [-0.3, -0.25) is 4.79 Å². The van der Waals surface area contributed by atoms with Crippen molar-refractivity contribution in [2.75, 3.05) is 17.7 Å². The molecule has 0 saturated carbocycles. The Morgan fingerprint density at radius 3 is 3.00 bits per heavy atom. The molecular formula is C17H20F2N6O2S2. The summed E-state index contributed by atoms with van der Waals surface area (Å²) >= 11 is 2.88. The van der Waals surface area contributed by atoms with Gasteiger partial charge in [0.05, 0.1) is 12.2 Å². The lowest BCUT2D eigenvalue weighted by atomic mass is 9.77. The molecule has 0 unspecified atom stereocenters. The number of thioether (sulfide) groups is 1. The number of aliphatic imine (C=N–C) groups is 1. The van der Waals surface area contributed by atoms with Crippen LogP contribution in [0.25, 0.3) is 0 Å². The summed E-state index contributed by atoms with van der Waals surface area (Å²) < 4.78 is 31.8. The fourth-order valence-corrected chi connectivity index (χ4v) is 5.50. The van der Waals surface area contributed by atoms with Crippen LogP contribution in [0.3, 0.4) is 0 Å². The molecule has 8 nitrogen and oxygen atoms in total. The third-order valence-electron chi connectivity index (χ3n) is 5.00. The first-order valence-corrected chi connectivity index (χ1v) is 10.8. The standard InChI is InChI=1S/C17H20F2N6O2S2/c1-16(2)5-9-6-29-15(20)23-17(9,8-27-16)13-22-11(7-28-13)21-12(26)10-3-4-25(24-10)14(18)19/h3-4,7,9,14H,5-6,8H2,1-2H3,(H2,20,23)(H,21,26)/t9-,17-/m0/s1. The molecule has 0 spiro atoms. The zero-order valence-corrected chi connectivity index (χ0v) is 17.4. The molecule has 4 rings (SSSR count). The average Bonchev–Trinajstić information content (AvgIpc) is 3.31. The summed E-state index contributed by atoms with van der Waals surface area (Å²) in [5, 5.41) is 9.05. The van der Waals surface area contributed by atoms with Gasteiger partial charge >= 0.3 is 6.55 Å². The second-order valence-electron chi connectivity index (χ2n) is 7.59. The monoisotopic (exact) mass is 442 g/mol. The van der Waals surface area contributed by atoms with Gasteiger partial charge < -0.3 is 15.8 Å². The van der Waals surface area contributed by atoms with Crippen molar-refractivity contribution in [3.63, 3.8) is 0 Å². The number of halogens is 2. The van der Waals surface area contributed by atoms with Crippen LogP contribution in [0.15, 0.2) is 22.6 Å². The number of anilines is 1. The minimum absolute atomic E-state index is 0.116. The molecule has 0 radical (unpaired) electrons. The van der Waals surface area contributed by atoms with Crippen LogP contribution in [0.1, 0.15) is 42.3 Å². The average molecular weight is 443 g/mol. The maximum absolute atomic E-state index is 12.6. The molecule has 4 heterocycles. The SMILES string of the molecule is CC1(C)C[C@H]2CSC(N)=N[C@@]2(c2nc(NC(=O)c3ccn(C(F)F)n3)cs2)CO1. The van der Waals surface area contributed by atoms with Gasteiger partial charge in [0.15, 0.2) is 10.9 Å². The molecule has 2 atom stereocenters. The Morgan fingerprint density at radius 1 is 1.48 bits per heavy atom. The molecule has 2 aromatic rings. The lowest BCUT2D eigenvalue weighted by Gasteiger charge is -2.47. The summed E-state index contributed by atoms with van der Waals surface area (Å²) in [6, 6.07) is 1.23. The lowest BCUT2D eigenvalue weighted by molar-refractivity contribution is -0.109. The number of fused-ring (bicyclic) bond motifs is 1. The van der Waals surface area contributed by atoms with Crippen molar-refractivity contribution in [3.05, 3.63) is 28.3 Å². The molecule has 1 saturated heterocycles. The first-order chi connectivity index (χ1) is 13.7. The van der Waals surface area contributed by atoms with Crippen LogP contribution in [0.2, 0.25) is 0 Å². The minimum atomic E-state index is -2.80. The van der Waals surface area contributed by atoms with Gasteiger partial charge in [-0.1, -0.05) is 11.8 Å². The number of rotatable bonds is 4. The van der Waals surface area contributed by atoms with Gasteiger partial charge in [0.25, 0.3) is 5.91 Å². The van der Waals surface area contributed by atoms with Crippen LogP contribution in [-0.4, -0.2) is 43.8 Å². The number of ether oxygens (including phenoxy) is 1. The van der Waals surface area contributed by atoms with E-state index in [9.17, 15) is 13.6 Å². The van der Waals surface area contributed by atoms with E-state index in [-0.39, 0.29) is 17.2 Å². The maximum Gasteiger partial charge on any atom is 0.333 e. The summed E-state index contributed by atoms with van der Waals surface area (Å²) in [6.45, 7) is 1.65. The summed E-state index contributed by atoms with van der Waals surface area (Å²) in [5.74, 6) is 0.708. The molecule has 2 aliphatic heterocycles. The van der Waals surface area contributed by atoms with E-state index in [0.29, 0.717) is 27.3 Å². The predicted octanol–water partition coefficient (Wildman–Crippen LogP) is 3.06. The largest absolute Gasteiger partial charge is 0.379 e. The highest BCUT2D eigenvalue weighted by atomic mass is 32.2. The molecular weight excluding hydrogens is 422 g/mol. The highest BCUT2D eigenvalue weighted by Gasteiger charge is 2.52. The number of carbonyl (C=O) groups is 1. The highest BCUT2D eigenvalue weighted by molar-refractivity contribution is 8.13. The van der Waals surface area contributed by atoms with Gasteiger partial charge in [-0.05, 0) is 26.3 Å². The molecule has 2 aromatic heterocycles. The van der Waals surface area contributed by atoms with Crippen LogP contribution in [0, 0.1) is 5.92 Å². The topological polar surface area (TPSA) is 107 Å². The number of carbonyl (C=O) groups excluding carboxylic acids is 1. The molecule has 3 N–H and O–H groups in total. The molecule has 2 aliphatic rings. The Balaban J connectivity index is 1.57. The van der Waals surface area contributed by atoms with Gasteiger partial charge in [-0.15, -0.1) is 11.3 Å². The van der Waals surface area contributed by atoms with Crippen LogP contribution in [0.5, 0.6) is 0 Å². The molecule has 0 aromatic carbocycles. The Labute approximate surface area is 173 Å². The summed E-state index contributed by atoms with van der Waals surface area (Å²) in [4.78, 5) is 21.6. The fraction of sp³-hybridized carbons (Fsp3) is 0.529. The number of alkyl halides is 2. The maximum atomic E-state index is 12.6. The third-order valence-corrected chi connectivity index (χ3v) is 6.96. The van der Waals surface area contributed by atoms with Crippen LogP contribution in [0.4, 0.5) is 14.6 Å². The quantitative estimate of drug-likeness (QED) is 0.754. The number of nitrogens with two attached hydrogens (primary N) is 1. The van der Waals surface area contributed by atoms with Crippen molar-refractivity contribution < 1.29 is 18.3 Å². The van der Waals surface area contributed by atoms with Crippen LogP contribution >= 0.6 is 23.1 Å². The first-order valence-electron chi connectivity index (χ1n) is 8.91. The van der Waals surface area contributed by atoms with E-state index in [1.807, 2.05) is 0 Å². The molecule has 1 fully saturated rings. The fourth-order valence-electron chi connectivity index (χ4n) is 3.54. The molecule has 0 aliphatic carbocycles. The number of hydrogen-bond donors (Lipinski definition) is 2. The number of nitrogens with one attached hydrogen (secondary N) is 1. The Bertz CT molecular complexity index is 959. The summed E-state index contributed by atoms with van der Waals surface area (Å²) in [7, 11) is 0. The second-order valence-corrected chi connectivity index (χ2v) is 9.48. The van der Waals surface area contributed by atoms with Gasteiger partial charge in [0, 0.05) is 23.2 Å². The molecule has 12 heteroatoms. The van der Waals surface area contributed by atoms with Crippen molar-refractivity contribution in [1.29, 1.82) is 0 Å². The summed E-state index contributed by atoms with van der Waals surface area (Å²) in [6.07, 6.45) is 1.86. The minimum Gasteiger partial charge on any atom is -0.379 e. The zero-order valence-electron chi connectivity index (χ0n) is 15.8. The van der Waals surface area contributed by atoms with E-state index >= 15 is 0 Å². The smallest absolute Gasteiger partial charge is 0.333 e. The van der Waals surface area contributed by atoms with E-state index in [2.05, 4.69) is 29.2 Å². The molecule has 29 heavy (non-hydrogen) atoms. The zero-order chi connectivity index (χ0) is 20.8. The number of thiazole rings is 1. The Hall–Kier alpha value is -2.05. The second kappa shape index (κ2) is 7.33. The number of amides is 1. The predicted molar refractivity (Wildman–Crippen MR) is 107 cm³/mol. The molecule has 156 valence electrons. The van der Waals surface area contributed by atoms with Gasteiger partial charge in [0.2, 0.25) is 0 Å². The van der Waals surface area contributed by atoms with Crippen molar-refractivity contribution in [1.82, 2.24) is 14.8 Å². The van der Waals surface area contributed by atoms with E-state index in [1.54, 1.807) is 5.38 Å². The van der Waals surface area contributed by atoms with Crippen LogP contribution in [-0.2, 0) is 10.3 Å². The van der Waals surface area contributed by atoms with Crippen molar-refractivity contribution in [2.45, 2.75) is 38.0 Å². The van der Waals surface area contributed by atoms with Crippen molar-refractivity contribution >= 4 is 40.0 Å². The third kappa shape index (κ3) is 3.88. The van der Waals surface area contributed by atoms with Gasteiger partial charge in [-0.25, -0.2) is 14.7 Å². The van der Waals surface area contributed by atoms with E-state index in [1.165, 1.54) is 29.2 Å². The Morgan fingerprint density at radius 2 is 2.28 bits per heavy atom. The van der Waals surface area contributed by atoms with Gasteiger partial charge in [0.1, 0.15) is 16.4 Å².